The lowest BCUT2D eigenvalue weighted by Crippen LogP contribution is -2.32. The molecule has 5 nitrogen and oxygen atoms in total. The number of oxime groups is 1. The van der Waals surface area contributed by atoms with Crippen LogP contribution in [0.15, 0.2) is 29.4 Å². The zero-order chi connectivity index (χ0) is 15.7. The van der Waals surface area contributed by atoms with Crippen molar-refractivity contribution in [1.82, 2.24) is 5.32 Å². The standard InChI is InChI=1S/C16H27N3O2/c1-16(2,15(17)19-20)9-6-10-18-11-13-7-4-5-8-14(13)12-21-3/h4-5,7-8,18,20H,6,9-12H2,1-3H3,(H2,17,19). The lowest BCUT2D eigenvalue weighted by molar-refractivity contribution is 0.184. The molecule has 0 aromatic heterocycles. The number of methoxy groups -OCH3 is 1. The minimum Gasteiger partial charge on any atom is -0.409 e. The van der Waals surface area contributed by atoms with Gasteiger partial charge in [0.15, 0.2) is 0 Å². The van der Waals surface area contributed by atoms with E-state index in [1.54, 1.807) is 7.11 Å². The second-order valence-corrected chi connectivity index (χ2v) is 5.85. The maximum absolute atomic E-state index is 8.74. The first kappa shape index (κ1) is 17.5. The van der Waals surface area contributed by atoms with Crippen LogP contribution in [0.25, 0.3) is 0 Å². The molecular weight excluding hydrogens is 266 g/mol. The van der Waals surface area contributed by atoms with Gasteiger partial charge in [0.25, 0.3) is 0 Å². The van der Waals surface area contributed by atoms with Gasteiger partial charge in [-0.05, 0) is 30.5 Å². The molecule has 118 valence electrons. The summed E-state index contributed by atoms with van der Waals surface area (Å²) in [5, 5.41) is 15.3. The normalized spacial score (nSPS) is 12.6. The van der Waals surface area contributed by atoms with Crippen LogP contribution in [0.5, 0.6) is 0 Å². The van der Waals surface area contributed by atoms with E-state index in [4.69, 9.17) is 15.7 Å². The van der Waals surface area contributed by atoms with Gasteiger partial charge in [0.05, 0.1) is 6.61 Å². The summed E-state index contributed by atoms with van der Waals surface area (Å²) in [5.74, 6) is 0.285. The van der Waals surface area contributed by atoms with E-state index in [0.29, 0.717) is 6.61 Å². The molecule has 0 aliphatic carbocycles. The summed E-state index contributed by atoms with van der Waals surface area (Å²) in [6.07, 6.45) is 1.84. The van der Waals surface area contributed by atoms with Crippen molar-refractivity contribution in [1.29, 1.82) is 0 Å². The zero-order valence-electron chi connectivity index (χ0n) is 13.2. The van der Waals surface area contributed by atoms with Crippen molar-refractivity contribution in [3.63, 3.8) is 0 Å². The molecule has 0 amide bonds. The molecule has 0 saturated heterocycles. The Morgan fingerprint density at radius 3 is 2.62 bits per heavy atom. The second-order valence-electron chi connectivity index (χ2n) is 5.85. The number of amidine groups is 1. The first-order valence-electron chi connectivity index (χ1n) is 7.25. The average molecular weight is 293 g/mol. The van der Waals surface area contributed by atoms with Gasteiger partial charge in [-0.2, -0.15) is 0 Å². The fourth-order valence-electron chi connectivity index (χ4n) is 2.17. The molecule has 0 spiro atoms. The highest BCUT2D eigenvalue weighted by molar-refractivity contribution is 5.85. The third kappa shape index (κ3) is 5.73. The average Bonchev–Trinajstić information content (AvgIpc) is 2.47. The number of nitrogens with one attached hydrogen (secondary N) is 1. The summed E-state index contributed by atoms with van der Waals surface area (Å²) >= 11 is 0. The molecule has 0 aliphatic rings. The Bertz CT molecular complexity index is 459. The smallest absolute Gasteiger partial charge is 0.144 e. The van der Waals surface area contributed by atoms with Gasteiger partial charge in [0.1, 0.15) is 5.84 Å². The monoisotopic (exact) mass is 293 g/mol. The quantitative estimate of drug-likeness (QED) is 0.215. The van der Waals surface area contributed by atoms with Crippen LogP contribution in [-0.4, -0.2) is 24.7 Å². The largest absolute Gasteiger partial charge is 0.409 e. The first-order chi connectivity index (χ1) is 10.0. The summed E-state index contributed by atoms with van der Waals surface area (Å²) in [4.78, 5) is 0. The van der Waals surface area contributed by atoms with E-state index in [2.05, 4.69) is 22.6 Å². The fraction of sp³-hybridized carbons (Fsp3) is 0.562. The Morgan fingerprint density at radius 1 is 1.33 bits per heavy atom. The molecule has 0 unspecified atom stereocenters. The molecule has 4 N–H and O–H groups in total. The number of hydrogen-bond acceptors (Lipinski definition) is 4. The Hall–Kier alpha value is -1.59. The van der Waals surface area contributed by atoms with Crippen molar-refractivity contribution in [2.45, 2.75) is 39.8 Å². The van der Waals surface area contributed by atoms with Gasteiger partial charge in [-0.3, -0.25) is 0 Å². The first-order valence-corrected chi connectivity index (χ1v) is 7.25. The molecule has 0 fully saturated rings. The maximum Gasteiger partial charge on any atom is 0.144 e. The lowest BCUT2D eigenvalue weighted by Gasteiger charge is -2.22. The van der Waals surface area contributed by atoms with Gasteiger partial charge < -0.3 is 21.0 Å². The number of ether oxygens (including phenoxy) is 1. The summed E-state index contributed by atoms with van der Waals surface area (Å²) in [5.41, 5.74) is 7.87. The van der Waals surface area contributed by atoms with Crippen LogP contribution >= 0.6 is 0 Å². The minimum atomic E-state index is -0.273. The molecule has 1 aromatic rings. The van der Waals surface area contributed by atoms with Gasteiger partial charge in [-0.15, -0.1) is 0 Å². The molecule has 0 atom stereocenters. The molecule has 0 radical (unpaired) electrons. The summed E-state index contributed by atoms with van der Waals surface area (Å²) in [7, 11) is 1.71. The lowest BCUT2D eigenvalue weighted by atomic mass is 9.86. The van der Waals surface area contributed by atoms with Crippen LogP contribution in [0.2, 0.25) is 0 Å². The van der Waals surface area contributed by atoms with Gasteiger partial charge in [-0.25, -0.2) is 0 Å². The van der Waals surface area contributed by atoms with E-state index < -0.39 is 0 Å². The third-order valence-electron chi connectivity index (χ3n) is 3.69. The number of hydrogen-bond donors (Lipinski definition) is 3. The van der Waals surface area contributed by atoms with Crippen LogP contribution in [-0.2, 0) is 17.9 Å². The SMILES string of the molecule is COCc1ccccc1CNCCCC(C)(C)C(N)=NO. The van der Waals surface area contributed by atoms with E-state index in [0.717, 1.165) is 25.9 Å². The van der Waals surface area contributed by atoms with Crippen LogP contribution < -0.4 is 11.1 Å². The summed E-state index contributed by atoms with van der Waals surface area (Å²) in [6, 6.07) is 8.26. The number of nitrogens with two attached hydrogens (primary N) is 1. The predicted octanol–water partition coefficient (Wildman–Crippen LogP) is 2.48. The zero-order valence-corrected chi connectivity index (χ0v) is 13.2. The third-order valence-corrected chi connectivity index (χ3v) is 3.69. The molecule has 0 aliphatic heterocycles. The highest BCUT2D eigenvalue weighted by Gasteiger charge is 2.22. The van der Waals surface area contributed by atoms with Gasteiger partial charge in [0, 0.05) is 19.1 Å². The van der Waals surface area contributed by atoms with Crippen molar-refractivity contribution in [2.24, 2.45) is 16.3 Å². The minimum absolute atomic E-state index is 0.273. The number of benzene rings is 1. The molecule has 0 bridgehead atoms. The predicted molar refractivity (Wildman–Crippen MR) is 85.3 cm³/mol. The van der Waals surface area contributed by atoms with Crippen LogP contribution in [0.4, 0.5) is 0 Å². The highest BCUT2D eigenvalue weighted by atomic mass is 16.5. The second kappa shape index (κ2) is 8.64. The molecule has 21 heavy (non-hydrogen) atoms. The van der Waals surface area contributed by atoms with E-state index in [-0.39, 0.29) is 11.3 Å². The van der Waals surface area contributed by atoms with Crippen LogP contribution in [0, 0.1) is 5.41 Å². The highest BCUT2D eigenvalue weighted by Crippen LogP contribution is 2.22. The van der Waals surface area contributed by atoms with Crippen molar-refractivity contribution in [2.75, 3.05) is 13.7 Å². The van der Waals surface area contributed by atoms with Crippen LogP contribution in [0.1, 0.15) is 37.8 Å². The Morgan fingerprint density at radius 2 is 2.00 bits per heavy atom. The topological polar surface area (TPSA) is 79.9 Å². The fourth-order valence-corrected chi connectivity index (χ4v) is 2.17. The van der Waals surface area contributed by atoms with E-state index in [1.165, 1.54) is 11.1 Å². The van der Waals surface area contributed by atoms with Gasteiger partial charge >= 0.3 is 0 Å². The molecule has 1 rings (SSSR count). The molecule has 0 heterocycles. The van der Waals surface area contributed by atoms with E-state index in [9.17, 15) is 0 Å². The van der Waals surface area contributed by atoms with E-state index in [1.807, 2.05) is 26.0 Å². The summed E-state index contributed by atoms with van der Waals surface area (Å²) < 4.78 is 5.20. The van der Waals surface area contributed by atoms with Gasteiger partial charge in [0.2, 0.25) is 0 Å². The number of nitrogens with zero attached hydrogens (tertiary/aromatic N) is 1. The Kier molecular flexibility index (Phi) is 7.19. The van der Waals surface area contributed by atoms with Crippen molar-refractivity contribution in [3.8, 4) is 0 Å². The van der Waals surface area contributed by atoms with Crippen molar-refractivity contribution < 1.29 is 9.94 Å². The van der Waals surface area contributed by atoms with E-state index >= 15 is 0 Å². The van der Waals surface area contributed by atoms with Crippen LogP contribution in [0.3, 0.4) is 0 Å². The molecule has 0 saturated carbocycles. The Labute approximate surface area is 127 Å². The van der Waals surface area contributed by atoms with Crippen molar-refractivity contribution >= 4 is 5.84 Å². The maximum atomic E-state index is 8.74. The summed E-state index contributed by atoms with van der Waals surface area (Å²) in [6.45, 7) is 6.31. The van der Waals surface area contributed by atoms with Crippen molar-refractivity contribution in [3.05, 3.63) is 35.4 Å². The molecule has 5 heteroatoms. The molecule has 1 aromatic carbocycles. The number of rotatable bonds is 9. The van der Waals surface area contributed by atoms with Gasteiger partial charge in [-0.1, -0.05) is 43.3 Å². The molecular formula is C16H27N3O2. The Balaban J connectivity index is 2.35.